The minimum absolute atomic E-state index is 0.113. The zero-order chi connectivity index (χ0) is 17.8. The van der Waals surface area contributed by atoms with Crippen molar-refractivity contribution < 1.29 is 9.72 Å². The molecule has 0 fully saturated rings. The fourth-order valence-electron chi connectivity index (χ4n) is 2.24. The fraction of sp³-hybridized carbons (Fsp3) is 0.200. The Kier molecular flexibility index (Phi) is 4.50. The predicted molar refractivity (Wildman–Crippen MR) is 86.6 cm³/mol. The molecule has 0 aliphatic heterocycles. The van der Waals surface area contributed by atoms with Gasteiger partial charge in [0.1, 0.15) is 5.69 Å². The normalized spacial score (nSPS) is 11.9. The first-order valence-electron chi connectivity index (χ1n) is 7.46. The second-order valence-electron chi connectivity index (χ2n) is 5.33. The minimum atomic E-state index is -0.677. The zero-order valence-electron chi connectivity index (χ0n) is 13.3. The molecule has 0 aliphatic rings. The van der Waals surface area contributed by atoms with Crippen LogP contribution in [0.25, 0.3) is 0 Å². The molecular formula is C15H15N7O3. The lowest BCUT2D eigenvalue weighted by molar-refractivity contribution is -0.394. The van der Waals surface area contributed by atoms with E-state index in [-0.39, 0.29) is 24.3 Å². The maximum Gasteiger partial charge on any atom is 0.491 e. The highest BCUT2D eigenvalue weighted by Gasteiger charge is 2.16. The summed E-state index contributed by atoms with van der Waals surface area (Å²) >= 11 is 0. The van der Waals surface area contributed by atoms with Crippen LogP contribution in [0.2, 0.25) is 0 Å². The standard InChI is InChI=1S/C15H15N7O3/c1-11(12-5-3-2-4-6-12)17-14(23)13-7-8-20(18-13)10-21-9-16-15(19-21)22(24)25/h2-9,11H,10H2,1H3,(H,17,23). The molecule has 1 N–H and O–H groups in total. The van der Waals surface area contributed by atoms with Crippen LogP contribution >= 0.6 is 0 Å². The molecule has 2 heterocycles. The number of nitrogens with one attached hydrogen (secondary N) is 1. The molecule has 0 aliphatic carbocycles. The molecule has 25 heavy (non-hydrogen) atoms. The molecule has 0 saturated heterocycles. The Bertz CT molecular complexity index is 887. The average molecular weight is 341 g/mol. The topological polar surface area (TPSA) is 121 Å². The van der Waals surface area contributed by atoms with Gasteiger partial charge in [0.05, 0.1) is 6.04 Å². The van der Waals surface area contributed by atoms with E-state index in [0.29, 0.717) is 0 Å². The molecule has 1 amide bonds. The quantitative estimate of drug-likeness (QED) is 0.534. The lowest BCUT2D eigenvalue weighted by Crippen LogP contribution is -2.27. The first-order valence-corrected chi connectivity index (χ1v) is 7.46. The van der Waals surface area contributed by atoms with Crippen LogP contribution in [0.15, 0.2) is 48.9 Å². The third-order valence-electron chi connectivity index (χ3n) is 3.50. The largest absolute Gasteiger partial charge is 0.491 e. The van der Waals surface area contributed by atoms with E-state index in [4.69, 9.17) is 0 Å². The highest BCUT2D eigenvalue weighted by atomic mass is 16.6. The Morgan fingerprint density at radius 1 is 1.24 bits per heavy atom. The SMILES string of the molecule is CC(NC(=O)c1ccn(Cn2cnc([N+](=O)[O-])n2)n1)c1ccccc1. The van der Waals surface area contributed by atoms with Crippen LogP contribution in [0, 0.1) is 10.1 Å². The van der Waals surface area contributed by atoms with Gasteiger partial charge < -0.3 is 15.4 Å². The highest BCUT2D eigenvalue weighted by Crippen LogP contribution is 2.12. The van der Waals surface area contributed by atoms with Crippen molar-refractivity contribution >= 4 is 11.9 Å². The molecule has 3 aromatic rings. The van der Waals surface area contributed by atoms with Crippen molar-refractivity contribution in [3.05, 3.63) is 70.3 Å². The van der Waals surface area contributed by atoms with Crippen molar-refractivity contribution in [2.45, 2.75) is 19.6 Å². The van der Waals surface area contributed by atoms with Gasteiger partial charge in [0.2, 0.25) is 6.33 Å². The number of nitro groups is 1. The Balaban J connectivity index is 1.64. The molecular weight excluding hydrogens is 326 g/mol. The molecule has 0 saturated carbocycles. The monoisotopic (exact) mass is 341 g/mol. The number of rotatable bonds is 6. The van der Waals surface area contributed by atoms with Crippen molar-refractivity contribution in [2.75, 3.05) is 0 Å². The Labute approximate surface area is 142 Å². The van der Waals surface area contributed by atoms with E-state index >= 15 is 0 Å². The maximum atomic E-state index is 12.3. The van der Waals surface area contributed by atoms with Crippen LogP contribution < -0.4 is 5.32 Å². The van der Waals surface area contributed by atoms with Gasteiger partial charge in [-0.1, -0.05) is 35.3 Å². The number of amides is 1. The van der Waals surface area contributed by atoms with E-state index in [0.717, 1.165) is 5.56 Å². The molecule has 10 nitrogen and oxygen atoms in total. The lowest BCUT2D eigenvalue weighted by Gasteiger charge is -2.13. The van der Waals surface area contributed by atoms with Gasteiger partial charge >= 0.3 is 5.95 Å². The summed E-state index contributed by atoms with van der Waals surface area (Å²) in [5, 5.41) is 21.3. The predicted octanol–water partition coefficient (Wildman–Crippen LogP) is 1.38. The molecule has 0 spiro atoms. The van der Waals surface area contributed by atoms with Gasteiger partial charge in [-0.3, -0.25) is 4.79 Å². The second kappa shape index (κ2) is 6.91. The van der Waals surface area contributed by atoms with Crippen LogP contribution in [0.4, 0.5) is 5.95 Å². The number of aromatic nitrogens is 5. The van der Waals surface area contributed by atoms with Crippen molar-refractivity contribution in [3.8, 4) is 0 Å². The van der Waals surface area contributed by atoms with Crippen molar-refractivity contribution in [3.63, 3.8) is 0 Å². The average Bonchev–Trinajstić information content (AvgIpc) is 3.26. The van der Waals surface area contributed by atoms with Crippen molar-refractivity contribution in [2.24, 2.45) is 0 Å². The highest BCUT2D eigenvalue weighted by molar-refractivity contribution is 5.92. The summed E-state index contributed by atoms with van der Waals surface area (Å²) in [6.45, 7) is 2.00. The molecule has 128 valence electrons. The second-order valence-corrected chi connectivity index (χ2v) is 5.33. The van der Waals surface area contributed by atoms with E-state index in [2.05, 4.69) is 20.5 Å². The number of nitrogens with zero attached hydrogens (tertiary/aromatic N) is 6. The molecule has 2 aromatic heterocycles. The fourth-order valence-corrected chi connectivity index (χ4v) is 2.24. The summed E-state index contributed by atoms with van der Waals surface area (Å²) in [6, 6.07) is 11.0. The van der Waals surface area contributed by atoms with Gasteiger partial charge in [0.15, 0.2) is 6.67 Å². The zero-order valence-corrected chi connectivity index (χ0v) is 13.3. The Morgan fingerprint density at radius 2 is 2.00 bits per heavy atom. The summed E-state index contributed by atoms with van der Waals surface area (Å²) in [5.74, 6) is -0.790. The summed E-state index contributed by atoms with van der Waals surface area (Å²) in [5.41, 5.74) is 1.24. The van der Waals surface area contributed by atoms with Gasteiger partial charge in [-0.25, -0.2) is 4.68 Å². The van der Waals surface area contributed by atoms with Crippen LogP contribution in [-0.4, -0.2) is 35.4 Å². The summed E-state index contributed by atoms with van der Waals surface area (Å²) in [7, 11) is 0. The minimum Gasteiger partial charge on any atom is -0.390 e. The van der Waals surface area contributed by atoms with Crippen molar-refractivity contribution in [1.29, 1.82) is 0 Å². The van der Waals surface area contributed by atoms with E-state index in [9.17, 15) is 14.9 Å². The first kappa shape index (κ1) is 16.3. The van der Waals surface area contributed by atoms with Gasteiger partial charge in [0.25, 0.3) is 5.91 Å². The Hall–Kier alpha value is -3.56. The third kappa shape index (κ3) is 3.86. The van der Waals surface area contributed by atoms with E-state index in [1.807, 2.05) is 37.3 Å². The third-order valence-corrected chi connectivity index (χ3v) is 3.50. The molecule has 0 radical (unpaired) electrons. The summed E-state index contributed by atoms with van der Waals surface area (Å²) in [6.07, 6.45) is 2.83. The number of carbonyl (C=O) groups excluding carboxylic acids is 1. The molecule has 1 atom stereocenters. The summed E-state index contributed by atoms with van der Waals surface area (Å²) in [4.78, 5) is 25.7. The number of benzene rings is 1. The molecule has 1 unspecified atom stereocenters. The number of hydrogen-bond donors (Lipinski definition) is 1. The number of carbonyl (C=O) groups is 1. The van der Waals surface area contributed by atoms with Crippen molar-refractivity contribution in [1.82, 2.24) is 29.9 Å². The maximum absolute atomic E-state index is 12.3. The van der Waals surface area contributed by atoms with Crippen LogP contribution in [0.5, 0.6) is 0 Å². The lowest BCUT2D eigenvalue weighted by atomic mass is 10.1. The van der Waals surface area contributed by atoms with Crippen LogP contribution in [0.1, 0.15) is 29.0 Å². The molecule has 1 aromatic carbocycles. The Morgan fingerprint density at radius 3 is 2.68 bits per heavy atom. The van der Waals surface area contributed by atoms with Crippen LogP contribution in [0.3, 0.4) is 0 Å². The molecule has 10 heteroatoms. The molecule has 3 rings (SSSR count). The van der Waals surface area contributed by atoms with E-state index < -0.39 is 10.9 Å². The first-order chi connectivity index (χ1) is 12.0. The molecule has 0 bridgehead atoms. The van der Waals surface area contributed by atoms with Crippen LogP contribution in [-0.2, 0) is 6.67 Å². The summed E-state index contributed by atoms with van der Waals surface area (Å²) < 4.78 is 2.71. The van der Waals surface area contributed by atoms with E-state index in [1.165, 1.54) is 15.7 Å². The number of hydrogen-bond acceptors (Lipinski definition) is 6. The van der Waals surface area contributed by atoms with E-state index in [1.54, 1.807) is 12.3 Å². The van der Waals surface area contributed by atoms with Gasteiger partial charge in [-0.05, 0) is 23.5 Å². The smallest absolute Gasteiger partial charge is 0.390 e. The van der Waals surface area contributed by atoms with Gasteiger partial charge in [-0.15, -0.1) is 0 Å². The van der Waals surface area contributed by atoms with Gasteiger partial charge in [0, 0.05) is 11.3 Å². The van der Waals surface area contributed by atoms with Gasteiger partial charge in [-0.2, -0.15) is 9.78 Å².